The van der Waals surface area contributed by atoms with Gasteiger partial charge in [0.25, 0.3) is 0 Å². The molecule has 0 saturated carbocycles. The van der Waals surface area contributed by atoms with Crippen LogP contribution in [-0.4, -0.2) is 68.1 Å². The molecule has 2 atom stereocenters. The molecule has 7 nitrogen and oxygen atoms in total. The largest absolute Gasteiger partial charge is 0.336 e. The highest BCUT2D eigenvalue weighted by atomic mass is 16.2. The molecule has 3 fully saturated rings. The first-order valence-electron chi connectivity index (χ1n) is 9.54. The van der Waals surface area contributed by atoms with Crippen molar-refractivity contribution in [2.24, 2.45) is 5.92 Å². The van der Waals surface area contributed by atoms with Crippen molar-refractivity contribution in [2.45, 2.75) is 38.3 Å². The maximum atomic E-state index is 12.7. The van der Waals surface area contributed by atoms with Crippen LogP contribution >= 0.6 is 0 Å². The number of nitrogens with zero attached hydrogens (tertiary/aromatic N) is 6. The summed E-state index contributed by atoms with van der Waals surface area (Å²) in [4.78, 5) is 17.3. The zero-order valence-electron chi connectivity index (χ0n) is 15.1. The molecule has 5 rings (SSSR count). The first kappa shape index (κ1) is 17.1. The summed E-state index contributed by atoms with van der Waals surface area (Å²) in [5, 5.41) is 11.0. The second kappa shape index (κ2) is 7.95. The van der Waals surface area contributed by atoms with E-state index in [-0.39, 0.29) is 12.5 Å². The number of hydrogen-bond donors (Lipinski definition) is 0. The van der Waals surface area contributed by atoms with Gasteiger partial charge in [-0.2, -0.15) is 0 Å². The van der Waals surface area contributed by atoms with Crippen LogP contribution < -0.4 is 0 Å². The molecule has 1 aromatic carbocycles. The van der Waals surface area contributed by atoms with Gasteiger partial charge in [0, 0.05) is 25.7 Å². The van der Waals surface area contributed by atoms with Crippen molar-refractivity contribution in [3.05, 3.63) is 42.2 Å². The molecule has 3 saturated heterocycles. The number of carbonyl (C=O) groups excluding carboxylic acids is 1. The number of benzene rings is 1. The summed E-state index contributed by atoms with van der Waals surface area (Å²) in [6.07, 6.45) is 6.14. The fraction of sp³-hybridized carbons (Fsp3) is 0.579. The van der Waals surface area contributed by atoms with Crippen molar-refractivity contribution in [2.75, 3.05) is 26.2 Å². The molecule has 7 heteroatoms. The van der Waals surface area contributed by atoms with Crippen LogP contribution in [0.25, 0.3) is 0 Å². The Morgan fingerprint density at radius 3 is 2.81 bits per heavy atom. The molecule has 0 N–H and O–H groups in total. The van der Waals surface area contributed by atoms with Crippen LogP contribution in [0, 0.1) is 5.92 Å². The quantitative estimate of drug-likeness (QED) is 0.780. The highest BCUT2D eigenvalue weighted by Crippen LogP contribution is 2.28. The molecule has 0 aliphatic carbocycles. The first-order valence-corrected chi connectivity index (χ1v) is 9.54. The van der Waals surface area contributed by atoms with Crippen molar-refractivity contribution >= 4 is 5.91 Å². The van der Waals surface area contributed by atoms with Crippen molar-refractivity contribution < 1.29 is 4.79 Å². The lowest BCUT2D eigenvalue weighted by Crippen LogP contribution is -2.48. The average Bonchev–Trinajstić information content (AvgIpc) is 3.01. The number of piperidine rings is 1. The molecular weight excluding hydrogens is 328 g/mol. The molecule has 4 heterocycles. The van der Waals surface area contributed by atoms with Crippen LogP contribution in [0.3, 0.4) is 0 Å². The SMILES string of the molecule is O=C(Cn1cnnn1)N1C[C@H]2CC[C@@H]1CN(CCCc1ccccc1)C2. The van der Waals surface area contributed by atoms with Gasteiger partial charge in [-0.05, 0) is 54.1 Å². The van der Waals surface area contributed by atoms with Gasteiger partial charge >= 0.3 is 0 Å². The van der Waals surface area contributed by atoms with Crippen LogP contribution in [0.2, 0.25) is 0 Å². The van der Waals surface area contributed by atoms with Gasteiger partial charge in [0.05, 0.1) is 0 Å². The normalized spacial score (nSPS) is 23.2. The molecule has 1 aromatic heterocycles. The van der Waals surface area contributed by atoms with E-state index in [0.717, 1.165) is 39.0 Å². The Labute approximate surface area is 154 Å². The van der Waals surface area contributed by atoms with E-state index in [0.29, 0.717) is 12.0 Å². The van der Waals surface area contributed by atoms with E-state index in [1.54, 1.807) is 0 Å². The number of amides is 1. The summed E-state index contributed by atoms with van der Waals surface area (Å²) in [7, 11) is 0. The Morgan fingerprint density at radius 1 is 1.12 bits per heavy atom. The summed E-state index contributed by atoms with van der Waals surface area (Å²) in [6.45, 7) is 4.33. The Kier molecular flexibility index (Phi) is 5.24. The van der Waals surface area contributed by atoms with Crippen LogP contribution in [0.5, 0.6) is 0 Å². The Bertz CT molecular complexity index is 704. The molecule has 0 radical (unpaired) electrons. The standard InChI is InChI=1S/C19H26N6O/c26-19(14-24-15-20-21-22-24)25-12-17-8-9-18(25)13-23(11-17)10-4-7-16-5-2-1-3-6-16/h1-3,5-6,15,17-18H,4,7-14H2/t17-,18+/m0/s1. The third-order valence-corrected chi connectivity index (χ3v) is 5.58. The second-order valence-corrected chi connectivity index (χ2v) is 7.50. The topological polar surface area (TPSA) is 67.2 Å². The lowest BCUT2D eigenvalue weighted by atomic mass is 9.95. The fourth-order valence-corrected chi connectivity index (χ4v) is 4.30. The van der Waals surface area contributed by atoms with Gasteiger partial charge in [-0.25, -0.2) is 4.68 Å². The van der Waals surface area contributed by atoms with Gasteiger partial charge < -0.3 is 9.80 Å². The van der Waals surface area contributed by atoms with Gasteiger partial charge in [-0.15, -0.1) is 5.10 Å². The van der Waals surface area contributed by atoms with Gasteiger partial charge in [0.1, 0.15) is 12.9 Å². The molecule has 1 amide bonds. The van der Waals surface area contributed by atoms with Crippen molar-refractivity contribution in [1.82, 2.24) is 30.0 Å². The summed E-state index contributed by atoms with van der Waals surface area (Å²) in [5.74, 6) is 0.724. The van der Waals surface area contributed by atoms with Crippen LogP contribution in [-0.2, 0) is 17.8 Å². The van der Waals surface area contributed by atoms with Crippen LogP contribution in [0.15, 0.2) is 36.7 Å². The molecule has 2 bridgehead atoms. The molecule has 3 aliphatic rings. The highest BCUT2D eigenvalue weighted by molar-refractivity contribution is 5.76. The third-order valence-electron chi connectivity index (χ3n) is 5.58. The maximum Gasteiger partial charge on any atom is 0.244 e. The number of carbonyl (C=O) groups is 1. The average molecular weight is 354 g/mol. The highest BCUT2D eigenvalue weighted by Gasteiger charge is 2.36. The van der Waals surface area contributed by atoms with E-state index >= 15 is 0 Å². The predicted octanol–water partition coefficient (Wildman–Crippen LogP) is 1.23. The fourth-order valence-electron chi connectivity index (χ4n) is 4.30. The van der Waals surface area contributed by atoms with Gasteiger partial charge in [0.2, 0.25) is 5.91 Å². The summed E-state index contributed by atoms with van der Waals surface area (Å²) in [5.41, 5.74) is 1.41. The van der Waals surface area contributed by atoms with Crippen molar-refractivity contribution in [1.29, 1.82) is 0 Å². The number of aryl methyl sites for hydroxylation is 1. The zero-order valence-corrected chi connectivity index (χ0v) is 15.1. The van der Waals surface area contributed by atoms with Gasteiger partial charge in [0.15, 0.2) is 0 Å². The van der Waals surface area contributed by atoms with Crippen molar-refractivity contribution in [3.63, 3.8) is 0 Å². The molecule has 3 aliphatic heterocycles. The number of fused-ring (bicyclic) bond motifs is 4. The smallest absolute Gasteiger partial charge is 0.244 e. The predicted molar refractivity (Wildman–Crippen MR) is 97.2 cm³/mol. The molecular formula is C19H26N6O. The second-order valence-electron chi connectivity index (χ2n) is 7.50. The summed E-state index contributed by atoms with van der Waals surface area (Å²) >= 11 is 0. The molecule has 0 unspecified atom stereocenters. The minimum Gasteiger partial charge on any atom is -0.336 e. The summed E-state index contributed by atoms with van der Waals surface area (Å²) in [6, 6.07) is 11.0. The molecule has 0 spiro atoms. The Balaban J connectivity index is 1.32. The van der Waals surface area contributed by atoms with Crippen molar-refractivity contribution in [3.8, 4) is 0 Å². The minimum absolute atomic E-state index is 0.137. The number of hydrogen-bond acceptors (Lipinski definition) is 5. The van der Waals surface area contributed by atoms with E-state index in [9.17, 15) is 4.79 Å². The monoisotopic (exact) mass is 354 g/mol. The lowest BCUT2D eigenvalue weighted by molar-refractivity contribution is -0.136. The molecule has 2 aromatic rings. The van der Waals surface area contributed by atoms with E-state index < -0.39 is 0 Å². The number of aromatic nitrogens is 4. The number of rotatable bonds is 6. The minimum atomic E-state index is 0.137. The van der Waals surface area contributed by atoms with E-state index in [2.05, 4.69) is 55.7 Å². The van der Waals surface area contributed by atoms with Crippen LogP contribution in [0.4, 0.5) is 0 Å². The van der Waals surface area contributed by atoms with E-state index in [1.165, 1.54) is 29.4 Å². The lowest BCUT2D eigenvalue weighted by Gasteiger charge is -2.36. The van der Waals surface area contributed by atoms with E-state index in [1.807, 2.05) is 0 Å². The van der Waals surface area contributed by atoms with Gasteiger partial charge in [-0.1, -0.05) is 30.3 Å². The Morgan fingerprint density at radius 2 is 2.00 bits per heavy atom. The van der Waals surface area contributed by atoms with Crippen LogP contribution in [0.1, 0.15) is 24.8 Å². The maximum absolute atomic E-state index is 12.7. The third kappa shape index (κ3) is 4.09. The summed E-state index contributed by atoms with van der Waals surface area (Å²) < 4.78 is 1.51. The van der Waals surface area contributed by atoms with E-state index in [4.69, 9.17) is 0 Å². The number of tetrazole rings is 1. The molecule has 26 heavy (non-hydrogen) atoms. The Hall–Kier alpha value is -2.28. The zero-order chi connectivity index (χ0) is 17.8. The van der Waals surface area contributed by atoms with Gasteiger partial charge in [-0.3, -0.25) is 4.79 Å². The molecule has 138 valence electrons. The first-order chi connectivity index (χ1) is 12.8.